The molecule has 0 radical (unpaired) electrons. The van der Waals surface area contributed by atoms with Crippen molar-refractivity contribution in [2.24, 2.45) is 0 Å². The highest BCUT2D eigenvalue weighted by Crippen LogP contribution is 2.15. The number of esters is 1. The van der Waals surface area contributed by atoms with Gasteiger partial charge in [-0.05, 0) is 39.2 Å². The second kappa shape index (κ2) is 11.4. The summed E-state index contributed by atoms with van der Waals surface area (Å²) in [4.78, 5) is 32.8. The van der Waals surface area contributed by atoms with Crippen molar-refractivity contribution in [2.75, 3.05) is 6.61 Å². The minimum absolute atomic E-state index is 0.0792. The van der Waals surface area contributed by atoms with E-state index in [9.17, 15) is 9.59 Å². The number of unbranched alkanes of at least 4 members (excludes halogenated alkanes) is 3. The lowest BCUT2D eigenvalue weighted by Gasteiger charge is -2.17. The number of carbonyl (C=O) groups is 2. The van der Waals surface area contributed by atoms with E-state index in [0.29, 0.717) is 19.4 Å². The summed E-state index contributed by atoms with van der Waals surface area (Å²) in [5, 5.41) is 2.84. The molecule has 2 heterocycles. The van der Waals surface area contributed by atoms with E-state index in [2.05, 4.69) is 26.8 Å². The van der Waals surface area contributed by atoms with Crippen molar-refractivity contribution >= 4 is 22.9 Å². The molecule has 2 aromatic heterocycles. The molecule has 0 saturated carbocycles. The molecule has 154 valence electrons. The fraction of sp³-hybridized carbons (Fsp3) is 0.619. The minimum Gasteiger partial charge on any atom is -0.464 e. The summed E-state index contributed by atoms with van der Waals surface area (Å²) in [6, 6.07) is 1.45. The quantitative estimate of drug-likeness (QED) is 0.444. The van der Waals surface area contributed by atoms with Gasteiger partial charge in [-0.2, -0.15) is 0 Å². The number of pyridine rings is 1. The molecule has 2 rings (SSSR count). The van der Waals surface area contributed by atoms with Crippen LogP contribution in [-0.4, -0.2) is 39.1 Å². The Morgan fingerprint density at radius 2 is 2.04 bits per heavy atom. The van der Waals surface area contributed by atoms with Crippen LogP contribution in [-0.2, 0) is 20.9 Å². The zero-order valence-electron chi connectivity index (χ0n) is 17.2. The minimum atomic E-state index is -0.527. The average molecular weight is 389 g/mol. The maximum atomic E-state index is 12.2. The molecule has 1 atom stereocenters. The molecule has 0 aliphatic rings. The number of nitrogens with one attached hydrogen (secondary N) is 1. The third-order valence-electron chi connectivity index (χ3n) is 4.78. The number of aryl methyl sites for hydroxylation is 2. The van der Waals surface area contributed by atoms with Gasteiger partial charge < -0.3 is 14.6 Å². The highest BCUT2D eigenvalue weighted by Gasteiger charge is 2.21. The number of hydrogen-bond donors (Lipinski definition) is 1. The lowest BCUT2D eigenvalue weighted by atomic mass is 10.1. The first-order chi connectivity index (χ1) is 13.6. The molecule has 0 aliphatic carbocycles. The smallest absolute Gasteiger partial charge is 0.328 e. The number of imidazole rings is 1. The molecule has 0 spiro atoms. The summed E-state index contributed by atoms with van der Waals surface area (Å²) in [6.45, 7) is 7.04. The number of carbonyl (C=O) groups excluding carboxylic acids is 2. The van der Waals surface area contributed by atoms with Gasteiger partial charge in [-0.25, -0.2) is 9.78 Å². The Hall–Kier alpha value is -2.44. The van der Waals surface area contributed by atoms with Crippen molar-refractivity contribution in [3.05, 3.63) is 24.3 Å². The van der Waals surface area contributed by atoms with Gasteiger partial charge in [0, 0.05) is 19.2 Å². The zero-order chi connectivity index (χ0) is 20.4. The second-order valence-corrected chi connectivity index (χ2v) is 7.00. The SMILES string of the molecule is CCCC[C@H](NC(=O)CCCCCn1c(C)nc2cnccc21)C(=O)OCC. The van der Waals surface area contributed by atoms with E-state index >= 15 is 0 Å². The average Bonchev–Trinajstić information content (AvgIpc) is 3.00. The summed E-state index contributed by atoms with van der Waals surface area (Å²) in [5.41, 5.74) is 2.01. The van der Waals surface area contributed by atoms with Gasteiger partial charge in [0.2, 0.25) is 5.91 Å². The summed E-state index contributed by atoms with van der Waals surface area (Å²) in [6.07, 6.45) is 9.18. The topological polar surface area (TPSA) is 86.1 Å². The van der Waals surface area contributed by atoms with E-state index in [1.54, 1.807) is 19.3 Å². The molecule has 0 aliphatic heterocycles. The predicted molar refractivity (Wildman–Crippen MR) is 109 cm³/mol. The van der Waals surface area contributed by atoms with Gasteiger partial charge in [0.25, 0.3) is 0 Å². The lowest BCUT2D eigenvalue weighted by molar-refractivity contribution is -0.147. The van der Waals surface area contributed by atoms with Crippen LogP contribution in [0, 0.1) is 6.92 Å². The van der Waals surface area contributed by atoms with Gasteiger partial charge >= 0.3 is 5.97 Å². The van der Waals surface area contributed by atoms with E-state index in [4.69, 9.17) is 4.74 Å². The molecule has 7 heteroatoms. The molecule has 1 amide bonds. The van der Waals surface area contributed by atoms with Crippen molar-refractivity contribution in [3.8, 4) is 0 Å². The summed E-state index contributed by atoms with van der Waals surface area (Å²) in [5.74, 6) is 0.569. The standard InChI is InChI=1S/C21H32N4O3/c1-4-6-10-17(21(27)28-5-2)24-20(26)11-8-7-9-14-25-16(3)23-18-15-22-13-12-19(18)25/h12-13,15,17H,4-11,14H2,1-3H3,(H,24,26)/t17-/m0/s1. The van der Waals surface area contributed by atoms with Crippen molar-refractivity contribution in [3.63, 3.8) is 0 Å². The molecule has 0 unspecified atom stereocenters. The van der Waals surface area contributed by atoms with Crippen LogP contribution >= 0.6 is 0 Å². The Morgan fingerprint density at radius 3 is 2.79 bits per heavy atom. The summed E-state index contributed by atoms with van der Waals surface area (Å²) in [7, 11) is 0. The van der Waals surface area contributed by atoms with Crippen LogP contribution in [0.4, 0.5) is 0 Å². The number of nitrogens with zero attached hydrogens (tertiary/aromatic N) is 3. The Kier molecular flexibility index (Phi) is 8.91. The van der Waals surface area contributed by atoms with Gasteiger partial charge in [-0.1, -0.05) is 26.2 Å². The Morgan fingerprint density at radius 1 is 1.21 bits per heavy atom. The first-order valence-corrected chi connectivity index (χ1v) is 10.3. The molecule has 0 bridgehead atoms. The van der Waals surface area contributed by atoms with Gasteiger partial charge in [-0.15, -0.1) is 0 Å². The van der Waals surface area contributed by atoms with Crippen LogP contribution in [0.25, 0.3) is 11.0 Å². The Balaban J connectivity index is 1.73. The molecule has 0 saturated heterocycles. The van der Waals surface area contributed by atoms with Crippen molar-refractivity contribution < 1.29 is 14.3 Å². The third kappa shape index (κ3) is 6.32. The maximum Gasteiger partial charge on any atom is 0.328 e. The fourth-order valence-corrected chi connectivity index (χ4v) is 3.28. The Bertz CT molecular complexity index is 772. The monoisotopic (exact) mass is 388 g/mol. The van der Waals surface area contributed by atoms with E-state index in [-0.39, 0.29) is 11.9 Å². The van der Waals surface area contributed by atoms with Crippen LogP contribution in [0.1, 0.15) is 64.6 Å². The van der Waals surface area contributed by atoms with Gasteiger partial charge in [0.1, 0.15) is 17.4 Å². The number of ether oxygens (including phenoxy) is 1. The van der Waals surface area contributed by atoms with Crippen LogP contribution in [0.2, 0.25) is 0 Å². The third-order valence-corrected chi connectivity index (χ3v) is 4.78. The highest BCUT2D eigenvalue weighted by molar-refractivity contribution is 5.84. The van der Waals surface area contributed by atoms with Gasteiger partial charge in [0.05, 0.1) is 18.3 Å². The van der Waals surface area contributed by atoms with Crippen LogP contribution in [0.5, 0.6) is 0 Å². The largest absolute Gasteiger partial charge is 0.464 e. The number of aromatic nitrogens is 3. The first-order valence-electron chi connectivity index (χ1n) is 10.3. The normalized spacial score (nSPS) is 12.1. The van der Waals surface area contributed by atoms with E-state index in [1.165, 1.54) is 0 Å². The predicted octanol–water partition coefficient (Wildman–Crippen LogP) is 3.54. The van der Waals surface area contributed by atoms with Crippen molar-refractivity contribution in [2.45, 2.75) is 78.3 Å². The summed E-state index contributed by atoms with van der Waals surface area (Å²) >= 11 is 0. The number of rotatable bonds is 12. The maximum absolute atomic E-state index is 12.2. The summed E-state index contributed by atoms with van der Waals surface area (Å²) < 4.78 is 7.26. The lowest BCUT2D eigenvalue weighted by Crippen LogP contribution is -2.41. The van der Waals surface area contributed by atoms with Gasteiger partial charge in [0.15, 0.2) is 0 Å². The van der Waals surface area contributed by atoms with Crippen molar-refractivity contribution in [1.29, 1.82) is 0 Å². The zero-order valence-corrected chi connectivity index (χ0v) is 17.2. The van der Waals surface area contributed by atoms with Crippen LogP contribution in [0.3, 0.4) is 0 Å². The molecule has 0 fully saturated rings. The first kappa shape index (κ1) is 21.9. The molecule has 2 aromatic rings. The van der Waals surface area contributed by atoms with Crippen LogP contribution < -0.4 is 5.32 Å². The van der Waals surface area contributed by atoms with E-state index in [1.807, 2.05) is 13.0 Å². The fourth-order valence-electron chi connectivity index (χ4n) is 3.28. The highest BCUT2D eigenvalue weighted by atomic mass is 16.5. The number of fused-ring (bicyclic) bond motifs is 1. The molecular formula is C21H32N4O3. The van der Waals surface area contributed by atoms with Crippen molar-refractivity contribution in [1.82, 2.24) is 19.9 Å². The number of amides is 1. The molecule has 0 aromatic carbocycles. The molecule has 1 N–H and O–H groups in total. The van der Waals surface area contributed by atoms with Crippen LogP contribution in [0.15, 0.2) is 18.5 Å². The van der Waals surface area contributed by atoms with Gasteiger partial charge in [-0.3, -0.25) is 9.78 Å². The molecule has 28 heavy (non-hydrogen) atoms. The molecule has 7 nitrogen and oxygen atoms in total. The second-order valence-electron chi connectivity index (χ2n) is 7.00. The van der Waals surface area contributed by atoms with E-state index in [0.717, 1.165) is 55.5 Å². The Labute approximate surface area is 166 Å². The molecular weight excluding hydrogens is 356 g/mol. The van der Waals surface area contributed by atoms with E-state index < -0.39 is 6.04 Å². The number of hydrogen-bond acceptors (Lipinski definition) is 5.